The van der Waals surface area contributed by atoms with Crippen molar-refractivity contribution in [3.8, 4) is 11.3 Å². The molecular weight excluding hydrogens is 235 g/mol. The van der Waals surface area contributed by atoms with Gasteiger partial charge in [-0.1, -0.05) is 12.1 Å². The Morgan fingerprint density at radius 3 is 2.82 bits per heavy atom. The fourth-order valence-electron chi connectivity index (χ4n) is 1.64. The first-order chi connectivity index (χ1) is 8.31. The van der Waals surface area contributed by atoms with Crippen molar-refractivity contribution < 1.29 is 4.39 Å². The van der Waals surface area contributed by atoms with Gasteiger partial charge in [-0.3, -0.25) is 0 Å². The molecule has 2 N–H and O–H groups in total. The molecule has 2 nitrogen and oxygen atoms in total. The molecule has 0 aliphatic carbocycles. The molecule has 0 aliphatic rings. The summed E-state index contributed by atoms with van der Waals surface area (Å²) in [5.74, 6) is -0.216. The quantitative estimate of drug-likeness (QED) is 0.827. The zero-order valence-electron chi connectivity index (χ0n) is 9.53. The summed E-state index contributed by atoms with van der Waals surface area (Å²) in [5, 5.41) is 2.97. The first kappa shape index (κ1) is 12.2. The van der Waals surface area contributed by atoms with E-state index in [1.807, 2.05) is 11.4 Å². The standard InChI is InChI=1S/C13H15FN2S/c14-11-6-2-1-5-10(11)12-9-17-13(16-12)7-3-4-8-15/h1-2,5-6,9H,3-4,7-8,15H2. The molecule has 2 aromatic rings. The molecule has 0 amide bonds. The molecule has 0 saturated heterocycles. The van der Waals surface area contributed by atoms with E-state index < -0.39 is 0 Å². The number of benzene rings is 1. The number of halogens is 1. The van der Waals surface area contributed by atoms with Gasteiger partial charge in [-0.05, 0) is 37.9 Å². The molecule has 0 fully saturated rings. The third-order valence-electron chi connectivity index (χ3n) is 2.55. The molecule has 90 valence electrons. The minimum absolute atomic E-state index is 0.216. The van der Waals surface area contributed by atoms with Crippen LogP contribution in [0.5, 0.6) is 0 Å². The van der Waals surface area contributed by atoms with Crippen molar-refractivity contribution >= 4 is 11.3 Å². The number of nitrogens with two attached hydrogens (primary N) is 1. The lowest BCUT2D eigenvalue weighted by Crippen LogP contribution is -1.98. The fourth-order valence-corrected chi connectivity index (χ4v) is 2.48. The van der Waals surface area contributed by atoms with Crippen LogP contribution in [-0.4, -0.2) is 11.5 Å². The van der Waals surface area contributed by atoms with Crippen molar-refractivity contribution in [3.63, 3.8) is 0 Å². The Hall–Kier alpha value is -1.26. The second-order valence-electron chi connectivity index (χ2n) is 3.85. The minimum atomic E-state index is -0.216. The van der Waals surface area contributed by atoms with Crippen molar-refractivity contribution in [1.29, 1.82) is 0 Å². The maximum atomic E-state index is 13.5. The van der Waals surface area contributed by atoms with Gasteiger partial charge in [0.2, 0.25) is 0 Å². The zero-order chi connectivity index (χ0) is 12.1. The van der Waals surface area contributed by atoms with E-state index in [2.05, 4.69) is 4.98 Å². The van der Waals surface area contributed by atoms with Gasteiger partial charge in [-0.25, -0.2) is 9.37 Å². The van der Waals surface area contributed by atoms with Gasteiger partial charge in [-0.2, -0.15) is 0 Å². The van der Waals surface area contributed by atoms with Crippen molar-refractivity contribution in [3.05, 3.63) is 40.5 Å². The highest BCUT2D eigenvalue weighted by molar-refractivity contribution is 7.09. The monoisotopic (exact) mass is 250 g/mol. The van der Waals surface area contributed by atoms with Gasteiger partial charge in [0.25, 0.3) is 0 Å². The van der Waals surface area contributed by atoms with Crippen LogP contribution >= 0.6 is 11.3 Å². The number of thiazole rings is 1. The maximum Gasteiger partial charge on any atom is 0.132 e. The highest BCUT2D eigenvalue weighted by Crippen LogP contribution is 2.24. The van der Waals surface area contributed by atoms with Crippen LogP contribution in [0, 0.1) is 5.82 Å². The number of aryl methyl sites for hydroxylation is 1. The summed E-state index contributed by atoms with van der Waals surface area (Å²) in [7, 11) is 0. The summed E-state index contributed by atoms with van der Waals surface area (Å²) in [6.45, 7) is 0.714. The van der Waals surface area contributed by atoms with Gasteiger partial charge in [0.15, 0.2) is 0 Å². The van der Waals surface area contributed by atoms with Gasteiger partial charge < -0.3 is 5.73 Å². The predicted molar refractivity (Wildman–Crippen MR) is 69.5 cm³/mol. The lowest BCUT2D eigenvalue weighted by Gasteiger charge is -1.98. The average Bonchev–Trinajstić information content (AvgIpc) is 2.79. The van der Waals surface area contributed by atoms with Crippen LogP contribution in [-0.2, 0) is 6.42 Å². The van der Waals surface area contributed by atoms with E-state index in [1.165, 1.54) is 6.07 Å². The molecule has 4 heteroatoms. The fraction of sp³-hybridized carbons (Fsp3) is 0.308. The molecule has 0 unspecified atom stereocenters. The molecule has 0 atom stereocenters. The van der Waals surface area contributed by atoms with Crippen LogP contribution in [0.25, 0.3) is 11.3 Å². The molecule has 0 saturated carbocycles. The van der Waals surface area contributed by atoms with Crippen LogP contribution in [0.15, 0.2) is 29.6 Å². The molecule has 1 aromatic carbocycles. The number of unbranched alkanes of at least 4 members (excludes halogenated alkanes) is 1. The Kier molecular flexibility index (Phi) is 4.23. The van der Waals surface area contributed by atoms with E-state index in [1.54, 1.807) is 23.5 Å². The van der Waals surface area contributed by atoms with Crippen LogP contribution < -0.4 is 5.73 Å². The summed E-state index contributed by atoms with van der Waals surface area (Å²) in [4.78, 5) is 4.45. The molecule has 2 rings (SSSR count). The Morgan fingerprint density at radius 1 is 1.24 bits per heavy atom. The SMILES string of the molecule is NCCCCc1nc(-c2ccccc2F)cs1. The largest absolute Gasteiger partial charge is 0.330 e. The maximum absolute atomic E-state index is 13.5. The van der Waals surface area contributed by atoms with Gasteiger partial charge >= 0.3 is 0 Å². The molecular formula is C13H15FN2S. The smallest absolute Gasteiger partial charge is 0.132 e. The first-order valence-electron chi connectivity index (χ1n) is 5.70. The van der Waals surface area contributed by atoms with E-state index in [0.717, 1.165) is 30.0 Å². The van der Waals surface area contributed by atoms with Gasteiger partial charge in [0.05, 0.1) is 10.7 Å². The minimum Gasteiger partial charge on any atom is -0.330 e. The Balaban J connectivity index is 2.10. The highest BCUT2D eigenvalue weighted by Gasteiger charge is 2.08. The summed E-state index contributed by atoms with van der Waals surface area (Å²) in [6, 6.07) is 6.73. The summed E-state index contributed by atoms with van der Waals surface area (Å²) in [6.07, 6.45) is 2.98. The number of aromatic nitrogens is 1. The van der Waals surface area contributed by atoms with Crippen LogP contribution in [0.2, 0.25) is 0 Å². The van der Waals surface area contributed by atoms with E-state index in [9.17, 15) is 4.39 Å². The van der Waals surface area contributed by atoms with Crippen LogP contribution in [0.3, 0.4) is 0 Å². The topological polar surface area (TPSA) is 38.9 Å². The first-order valence-corrected chi connectivity index (χ1v) is 6.58. The predicted octanol–water partition coefficient (Wildman–Crippen LogP) is 3.23. The number of hydrogen-bond donors (Lipinski definition) is 1. The molecule has 0 radical (unpaired) electrons. The van der Waals surface area contributed by atoms with E-state index in [0.29, 0.717) is 12.1 Å². The van der Waals surface area contributed by atoms with Gasteiger partial charge in [-0.15, -0.1) is 11.3 Å². The number of rotatable bonds is 5. The Labute approximate surface area is 104 Å². The molecule has 1 heterocycles. The highest BCUT2D eigenvalue weighted by atomic mass is 32.1. The van der Waals surface area contributed by atoms with Crippen molar-refractivity contribution in [2.45, 2.75) is 19.3 Å². The van der Waals surface area contributed by atoms with E-state index in [4.69, 9.17) is 5.73 Å². The van der Waals surface area contributed by atoms with Gasteiger partial charge in [0.1, 0.15) is 5.82 Å². The number of hydrogen-bond acceptors (Lipinski definition) is 3. The molecule has 0 bridgehead atoms. The third-order valence-corrected chi connectivity index (χ3v) is 3.45. The Morgan fingerprint density at radius 2 is 2.06 bits per heavy atom. The van der Waals surface area contributed by atoms with Crippen molar-refractivity contribution in [1.82, 2.24) is 4.98 Å². The summed E-state index contributed by atoms with van der Waals surface area (Å²) in [5.41, 5.74) is 6.75. The average molecular weight is 250 g/mol. The summed E-state index contributed by atoms with van der Waals surface area (Å²) < 4.78 is 13.5. The second-order valence-corrected chi connectivity index (χ2v) is 4.79. The van der Waals surface area contributed by atoms with Crippen LogP contribution in [0.1, 0.15) is 17.8 Å². The molecule has 17 heavy (non-hydrogen) atoms. The van der Waals surface area contributed by atoms with E-state index >= 15 is 0 Å². The molecule has 0 spiro atoms. The van der Waals surface area contributed by atoms with Crippen molar-refractivity contribution in [2.24, 2.45) is 5.73 Å². The number of nitrogens with zero attached hydrogens (tertiary/aromatic N) is 1. The molecule has 0 aliphatic heterocycles. The second kappa shape index (κ2) is 5.89. The zero-order valence-corrected chi connectivity index (χ0v) is 10.3. The third kappa shape index (κ3) is 3.11. The van der Waals surface area contributed by atoms with E-state index in [-0.39, 0.29) is 5.82 Å². The van der Waals surface area contributed by atoms with Crippen LogP contribution in [0.4, 0.5) is 4.39 Å². The van der Waals surface area contributed by atoms with Gasteiger partial charge in [0, 0.05) is 10.9 Å². The van der Waals surface area contributed by atoms with Crippen molar-refractivity contribution in [2.75, 3.05) is 6.54 Å². The lowest BCUT2D eigenvalue weighted by atomic mass is 10.1. The Bertz CT molecular complexity index is 482. The molecule has 1 aromatic heterocycles. The normalized spacial score (nSPS) is 10.7. The lowest BCUT2D eigenvalue weighted by molar-refractivity contribution is 0.630. The summed E-state index contributed by atoms with van der Waals surface area (Å²) >= 11 is 1.58.